The van der Waals surface area contributed by atoms with Crippen LogP contribution in [-0.2, 0) is 9.59 Å². The van der Waals surface area contributed by atoms with Crippen LogP contribution in [0.5, 0.6) is 0 Å². The van der Waals surface area contributed by atoms with Crippen LogP contribution in [0.3, 0.4) is 0 Å². The molecule has 1 heterocycles. The Morgan fingerprint density at radius 1 is 1.67 bits per heavy atom. The van der Waals surface area contributed by atoms with Crippen molar-refractivity contribution in [2.45, 2.75) is 11.7 Å². The Kier molecular flexibility index (Phi) is 1.46. The fourth-order valence-corrected chi connectivity index (χ4v) is 0.915. The number of rotatable bonds is 0. The van der Waals surface area contributed by atoms with Crippen LogP contribution in [0.4, 0.5) is 0 Å². The van der Waals surface area contributed by atoms with Crippen molar-refractivity contribution in [2.24, 2.45) is 5.84 Å². The molecule has 9 heavy (non-hydrogen) atoms. The standard InChI is InChI=1S/C4H6N2O2S/c5-6-3(7)1-2(9)4(6)8/h2,9H,1,5H2. The molecule has 1 rings (SSSR count). The first-order valence-electron chi connectivity index (χ1n) is 2.42. The van der Waals surface area contributed by atoms with Crippen molar-refractivity contribution in [1.29, 1.82) is 0 Å². The van der Waals surface area contributed by atoms with E-state index >= 15 is 0 Å². The molecule has 1 unspecified atom stereocenters. The van der Waals surface area contributed by atoms with Gasteiger partial charge in [-0.3, -0.25) is 9.59 Å². The van der Waals surface area contributed by atoms with Gasteiger partial charge in [0.25, 0.3) is 5.91 Å². The van der Waals surface area contributed by atoms with E-state index in [1.807, 2.05) is 0 Å². The number of carbonyl (C=O) groups is 2. The van der Waals surface area contributed by atoms with Crippen LogP contribution in [0.2, 0.25) is 0 Å². The van der Waals surface area contributed by atoms with Crippen LogP contribution in [0.25, 0.3) is 0 Å². The number of nitrogens with zero attached hydrogens (tertiary/aromatic N) is 1. The van der Waals surface area contributed by atoms with Gasteiger partial charge in [-0.15, -0.1) is 0 Å². The first-order chi connectivity index (χ1) is 4.13. The minimum atomic E-state index is -0.525. The number of hydrazine groups is 1. The Bertz CT molecular complexity index is 170. The maximum absolute atomic E-state index is 10.6. The summed E-state index contributed by atoms with van der Waals surface area (Å²) in [6.07, 6.45) is 0.123. The van der Waals surface area contributed by atoms with E-state index in [2.05, 4.69) is 12.6 Å². The fourth-order valence-electron chi connectivity index (χ4n) is 0.635. The van der Waals surface area contributed by atoms with E-state index in [1.54, 1.807) is 0 Å². The molecule has 0 spiro atoms. The largest absolute Gasteiger partial charge is 0.273 e. The maximum atomic E-state index is 10.6. The van der Waals surface area contributed by atoms with Gasteiger partial charge in [0.05, 0.1) is 5.25 Å². The van der Waals surface area contributed by atoms with E-state index in [0.717, 1.165) is 0 Å². The second-order valence-corrected chi connectivity index (χ2v) is 2.45. The molecule has 0 aromatic heterocycles. The van der Waals surface area contributed by atoms with Crippen molar-refractivity contribution in [3.8, 4) is 0 Å². The Hall–Kier alpha value is -0.550. The molecule has 2 N–H and O–H groups in total. The second kappa shape index (κ2) is 2.00. The Labute approximate surface area is 57.4 Å². The predicted octanol–water partition coefficient (Wildman–Crippen LogP) is -1.08. The van der Waals surface area contributed by atoms with E-state index in [-0.39, 0.29) is 12.3 Å². The predicted molar refractivity (Wildman–Crippen MR) is 33.4 cm³/mol. The molecule has 0 saturated carbocycles. The van der Waals surface area contributed by atoms with Gasteiger partial charge in [-0.1, -0.05) is 0 Å². The van der Waals surface area contributed by atoms with Crippen LogP contribution in [0.15, 0.2) is 0 Å². The third-order valence-electron chi connectivity index (χ3n) is 1.16. The molecule has 0 aliphatic carbocycles. The molecule has 1 atom stereocenters. The van der Waals surface area contributed by atoms with Crippen molar-refractivity contribution < 1.29 is 9.59 Å². The number of carbonyl (C=O) groups excluding carboxylic acids is 2. The second-order valence-electron chi connectivity index (χ2n) is 1.82. The lowest BCUT2D eigenvalue weighted by molar-refractivity contribution is -0.138. The molecule has 50 valence electrons. The molecule has 0 radical (unpaired) electrons. The number of hydrogen-bond donors (Lipinski definition) is 2. The minimum Gasteiger partial charge on any atom is -0.273 e. The molecule has 0 bridgehead atoms. The van der Waals surface area contributed by atoms with Gasteiger partial charge in [-0.05, 0) is 0 Å². The van der Waals surface area contributed by atoms with E-state index in [9.17, 15) is 9.59 Å². The molecule has 4 nitrogen and oxygen atoms in total. The van der Waals surface area contributed by atoms with Gasteiger partial charge in [-0.2, -0.15) is 12.6 Å². The Morgan fingerprint density at radius 3 is 2.33 bits per heavy atom. The zero-order valence-electron chi connectivity index (χ0n) is 4.57. The van der Waals surface area contributed by atoms with Crippen molar-refractivity contribution in [2.75, 3.05) is 0 Å². The maximum Gasteiger partial charge on any atom is 0.256 e. The van der Waals surface area contributed by atoms with Crippen LogP contribution in [0, 0.1) is 0 Å². The van der Waals surface area contributed by atoms with Crippen LogP contribution in [-0.4, -0.2) is 22.1 Å². The summed E-state index contributed by atoms with van der Waals surface area (Å²) in [5.41, 5.74) is 0. The zero-order chi connectivity index (χ0) is 7.02. The molecule has 1 aliphatic heterocycles. The summed E-state index contributed by atoms with van der Waals surface area (Å²) in [5, 5.41) is 0.0833. The summed E-state index contributed by atoms with van der Waals surface area (Å²) in [6, 6.07) is 0. The molecule has 2 amide bonds. The van der Waals surface area contributed by atoms with E-state index in [0.29, 0.717) is 5.01 Å². The molecule has 5 heteroatoms. The third kappa shape index (κ3) is 0.927. The fraction of sp³-hybridized carbons (Fsp3) is 0.500. The number of nitrogens with two attached hydrogens (primary N) is 1. The highest BCUT2D eigenvalue weighted by atomic mass is 32.1. The highest BCUT2D eigenvalue weighted by Gasteiger charge is 2.34. The van der Waals surface area contributed by atoms with E-state index in [4.69, 9.17) is 5.84 Å². The molecule has 1 aliphatic rings. The summed E-state index contributed by atoms with van der Waals surface area (Å²) in [7, 11) is 0. The molecular weight excluding hydrogens is 140 g/mol. The Morgan fingerprint density at radius 2 is 2.22 bits per heavy atom. The topological polar surface area (TPSA) is 63.4 Å². The minimum absolute atomic E-state index is 0.123. The van der Waals surface area contributed by atoms with E-state index in [1.165, 1.54) is 0 Å². The van der Waals surface area contributed by atoms with Crippen molar-refractivity contribution in [1.82, 2.24) is 5.01 Å². The van der Waals surface area contributed by atoms with E-state index < -0.39 is 11.2 Å². The van der Waals surface area contributed by atoms with Crippen molar-refractivity contribution >= 4 is 24.4 Å². The summed E-state index contributed by atoms with van der Waals surface area (Å²) in [5.74, 6) is 4.22. The number of thiol groups is 1. The molecule has 1 fully saturated rings. The number of hydrogen-bond acceptors (Lipinski definition) is 4. The highest BCUT2D eigenvalue weighted by Crippen LogP contribution is 2.13. The normalized spacial score (nSPS) is 27.8. The first kappa shape index (κ1) is 6.57. The average Bonchev–Trinajstić information content (AvgIpc) is 1.98. The van der Waals surface area contributed by atoms with Gasteiger partial charge in [0.15, 0.2) is 0 Å². The van der Waals surface area contributed by atoms with Crippen molar-refractivity contribution in [3.05, 3.63) is 0 Å². The van der Waals surface area contributed by atoms with Gasteiger partial charge >= 0.3 is 0 Å². The van der Waals surface area contributed by atoms with Gasteiger partial charge in [0.1, 0.15) is 0 Å². The zero-order valence-corrected chi connectivity index (χ0v) is 5.47. The highest BCUT2D eigenvalue weighted by molar-refractivity contribution is 7.81. The van der Waals surface area contributed by atoms with Crippen LogP contribution < -0.4 is 5.84 Å². The molecule has 1 saturated heterocycles. The monoisotopic (exact) mass is 146 g/mol. The smallest absolute Gasteiger partial charge is 0.256 e. The number of amides is 2. The first-order valence-corrected chi connectivity index (χ1v) is 2.94. The van der Waals surface area contributed by atoms with Gasteiger partial charge < -0.3 is 0 Å². The molecular formula is C4H6N2O2S. The van der Waals surface area contributed by atoms with Crippen LogP contribution >= 0.6 is 12.6 Å². The average molecular weight is 146 g/mol. The molecule has 0 aromatic carbocycles. The van der Waals surface area contributed by atoms with Gasteiger partial charge in [-0.25, -0.2) is 10.9 Å². The molecule has 0 aromatic rings. The van der Waals surface area contributed by atoms with Gasteiger partial charge in [0.2, 0.25) is 5.91 Å². The third-order valence-corrected chi connectivity index (χ3v) is 1.56. The lowest BCUT2D eigenvalue weighted by Crippen LogP contribution is -2.37. The van der Waals surface area contributed by atoms with Gasteiger partial charge in [0, 0.05) is 6.42 Å². The van der Waals surface area contributed by atoms with Crippen LogP contribution in [0.1, 0.15) is 6.42 Å². The van der Waals surface area contributed by atoms with Crippen molar-refractivity contribution in [3.63, 3.8) is 0 Å². The summed E-state index contributed by atoms with van der Waals surface area (Å²) in [6.45, 7) is 0. The summed E-state index contributed by atoms with van der Waals surface area (Å²) >= 11 is 3.81. The lowest BCUT2D eigenvalue weighted by atomic mass is 10.4. The summed E-state index contributed by atoms with van der Waals surface area (Å²) < 4.78 is 0. The SMILES string of the molecule is NN1C(=O)CC(S)C1=O. The Balaban J connectivity index is 2.77. The summed E-state index contributed by atoms with van der Waals surface area (Å²) in [4.78, 5) is 21.1. The number of imide groups is 1. The lowest BCUT2D eigenvalue weighted by Gasteiger charge is -2.02. The quantitative estimate of drug-likeness (QED) is 0.198.